The number of benzene rings is 2. The van der Waals surface area contributed by atoms with E-state index in [2.05, 4.69) is 10.6 Å². The number of nitrogens with one attached hydrogen (secondary N) is 2. The second kappa shape index (κ2) is 17.5. The molecule has 0 saturated carbocycles. The Balaban J connectivity index is 1.80. The minimum absolute atomic E-state index is 0.0709. The number of allylic oxidation sites excluding steroid dienone is 2. The maximum atomic E-state index is 14.3. The molecule has 0 radical (unpaired) electrons. The van der Waals surface area contributed by atoms with Gasteiger partial charge in [0.05, 0.1) is 41.3 Å². The highest BCUT2D eigenvalue weighted by molar-refractivity contribution is 6.00. The summed E-state index contributed by atoms with van der Waals surface area (Å²) in [5.41, 5.74) is -4.26. The molecular formula is C33H40F3N3O9. The van der Waals surface area contributed by atoms with Crippen LogP contribution in [-0.2, 0) is 19.1 Å². The first-order chi connectivity index (χ1) is 22.7. The van der Waals surface area contributed by atoms with Gasteiger partial charge in [0.1, 0.15) is 29.9 Å². The molecule has 0 aliphatic carbocycles. The fourth-order valence-corrected chi connectivity index (χ4v) is 4.94. The number of nitro groups is 1. The van der Waals surface area contributed by atoms with Crippen LogP contribution in [0.2, 0.25) is 0 Å². The van der Waals surface area contributed by atoms with Gasteiger partial charge in [0.25, 0.3) is 5.69 Å². The molecule has 1 aliphatic heterocycles. The van der Waals surface area contributed by atoms with Crippen LogP contribution in [-0.4, -0.2) is 73.3 Å². The first kappa shape index (κ1) is 37.8. The van der Waals surface area contributed by atoms with Crippen molar-refractivity contribution < 1.29 is 51.7 Å². The van der Waals surface area contributed by atoms with E-state index >= 15 is 0 Å². The molecule has 1 aliphatic rings. The average molecular weight is 680 g/mol. The molecule has 3 N–H and O–H groups in total. The van der Waals surface area contributed by atoms with Crippen molar-refractivity contribution in [3.05, 3.63) is 86.7 Å². The number of alkyl halides is 3. The first-order valence-electron chi connectivity index (χ1n) is 15.4. The number of hydrogen-bond donors (Lipinski definition) is 3. The van der Waals surface area contributed by atoms with Crippen molar-refractivity contribution in [2.45, 2.75) is 64.8 Å². The summed E-state index contributed by atoms with van der Waals surface area (Å²) < 4.78 is 64.5. The number of carbonyl (C=O) groups excluding carboxylic acids is 2. The topological polar surface area (TPSA) is 158 Å². The van der Waals surface area contributed by atoms with E-state index in [0.29, 0.717) is 31.7 Å². The molecule has 0 bridgehead atoms. The SMILES string of the molecule is CCOC(=O)C1=C(C(F)(F)F)NC(C)=C(C(=O)OC(C)C)C1c1cc(OCCCCNCC(O)COc2ccccc2)ccc1[N+](=O)[O-]. The fraction of sp³-hybridized carbons (Fsp3) is 0.455. The third kappa shape index (κ3) is 10.4. The Labute approximate surface area is 276 Å². The van der Waals surface area contributed by atoms with Gasteiger partial charge >= 0.3 is 18.1 Å². The van der Waals surface area contributed by atoms with E-state index in [1.165, 1.54) is 33.8 Å². The van der Waals surface area contributed by atoms with Crippen LogP contribution in [0.3, 0.4) is 0 Å². The number of para-hydroxylation sites is 1. The minimum Gasteiger partial charge on any atom is -0.494 e. The summed E-state index contributed by atoms with van der Waals surface area (Å²) in [4.78, 5) is 37.7. The molecule has 0 fully saturated rings. The van der Waals surface area contributed by atoms with Crippen LogP contribution in [0.25, 0.3) is 0 Å². The van der Waals surface area contributed by atoms with Crippen molar-refractivity contribution in [2.24, 2.45) is 0 Å². The van der Waals surface area contributed by atoms with Crippen molar-refractivity contribution in [3.63, 3.8) is 0 Å². The van der Waals surface area contributed by atoms with E-state index in [0.717, 1.165) is 12.1 Å². The summed E-state index contributed by atoms with van der Waals surface area (Å²) >= 11 is 0. The van der Waals surface area contributed by atoms with Gasteiger partial charge in [-0.05, 0) is 71.3 Å². The van der Waals surface area contributed by atoms with Crippen molar-refractivity contribution in [1.29, 1.82) is 0 Å². The number of rotatable bonds is 17. The predicted molar refractivity (Wildman–Crippen MR) is 168 cm³/mol. The number of aliphatic hydroxyl groups excluding tert-OH is 1. The maximum absolute atomic E-state index is 14.3. The van der Waals surface area contributed by atoms with Crippen LogP contribution >= 0.6 is 0 Å². The molecule has 0 spiro atoms. The maximum Gasteiger partial charge on any atom is 0.431 e. The Morgan fingerprint density at radius 1 is 1.04 bits per heavy atom. The van der Waals surface area contributed by atoms with Gasteiger partial charge in [-0.25, -0.2) is 9.59 Å². The van der Waals surface area contributed by atoms with Crippen molar-refractivity contribution in [1.82, 2.24) is 10.6 Å². The highest BCUT2D eigenvalue weighted by atomic mass is 19.4. The summed E-state index contributed by atoms with van der Waals surface area (Å²) in [5.74, 6) is -3.63. The smallest absolute Gasteiger partial charge is 0.431 e. The van der Waals surface area contributed by atoms with Crippen molar-refractivity contribution in [2.75, 3.05) is 32.9 Å². The van der Waals surface area contributed by atoms with Crippen LogP contribution in [0, 0.1) is 10.1 Å². The third-order valence-corrected chi connectivity index (χ3v) is 6.99. The number of dihydropyridines is 1. The number of ether oxygens (including phenoxy) is 4. The van der Waals surface area contributed by atoms with Crippen LogP contribution in [0.4, 0.5) is 18.9 Å². The number of esters is 2. The Hall–Kier alpha value is -4.63. The highest BCUT2D eigenvalue weighted by Crippen LogP contribution is 2.46. The molecule has 0 amide bonds. The number of carbonyl (C=O) groups is 2. The number of aliphatic hydroxyl groups is 1. The molecule has 15 heteroatoms. The first-order valence-corrected chi connectivity index (χ1v) is 15.4. The average Bonchev–Trinajstić information content (AvgIpc) is 3.02. The number of nitro benzene ring substituents is 1. The molecule has 2 atom stereocenters. The summed E-state index contributed by atoms with van der Waals surface area (Å²) in [6.45, 7) is 6.41. The summed E-state index contributed by atoms with van der Waals surface area (Å²) in [7, 11) is 0. The van der Waals surface area contributed by atoms with Crippen LogP contribution in [0.1, 0.15) is 52.0 Å². The van der Waals surface area contributed by atoms with E-state index in [4.69, 9.17) is 18.9 Å². The van der Waals surface area contributed by atoms with Gasteiger partial charge in [-0.3, -0.25) is 10.1 Å². The molecular weight excluding hydrogens is 639 g/mol. The second-order valence-electron chi connectivity index (χ2n) is 11.1. The van der Waals surface area contributed by atoms with E-state index in [1.54, 1.807) is 12.1 Å². The quantitative estimate of drug-likeness (QED) is 0.0887. The molecule has 1 heterocycles. The lowest BCUT2D eigenvalue weighted by molar-refractivity contribution is -0.385. The highest BCUT2D eigenvalue weighted by Gasteiger charge is 2.49. The van der Waals surface area contributed by atoms with Crippen molar-refractivity contribution >= 4 is 17.6 Å². The monoisotopic (exact) mass is 679 g/mol. The molecule has 48 heavy (non-hydrogen) atoms. The lowest BCUT2D eigenvalue weighted by atomic mass is 9.79. The largest absolute Gasteiger partial charge is 0.494 e. The van der Waals surface area contributed by atoms with Gasteiger partial charge < -0.3 is 34.7 Å². The van der Waals surface area contributed by atoms with Crippen molar-refractivity contribution in [3.8, 4) is 11.5 Å². The van der Waals surface area contributed by atoms with Gasteiger partial charge in [0.15, 0.2) is 0 Å². The molecule has 12 nitrogen and oxygen atoms in total. The van der Waals surface area contributed by atoms with E-state index in [9.17, 15) is 38.0 Å². The van der Waals surface area contributed by atoms with Gasteiger partial charge in [-0.15, -0.1) is 0 Å². The van der Waals surface area contributed by atoms with Crippen LogP contribution in [0.15, 0.2) is 71.1 Å². The third-order valence-electron chi connectivity index (χ3n) is 6.99. The van der Waals surface area contributed by atoms with E-state index in [-0.39, 0.29) is 36.8 Å². The molecule has 2 aromatic carbocycles. The Bertz CT molecular complexity index is 1490. The molecule has 262 valence electrons. The van der Waals surface area contributed by atoms with Gasteiger partial charge in [0, 0.05) is 23.9 Å². The van der Waals surface area contributed by atoms with Gasteiger partial charge in [-0.1, -0.05) is 18.2 Å². The lowest BCUT2D eigenvalue weighted by Crippen LogP contribution is -2.39. The van der Waals surface area contributed by atoms with Gasteiger partial charge in [0.2, 0.25) is 0 Å². The standard InChI is InChI=1S/C33H40F3N3O9/c1-5-45-31(41)29-28(27(32(42)48-20(2)3)21(4)38-30(29)33(34,35)36)25-17-24(13-14-26(25)39(43)44)46-16-10-9-15-37-18-22(40)19-47-23-11-7-6-8-12-23/h6-8,11-14,17,20,22,28,37-38,40H,5,9-10,15-16,18-19H2,1-4H3. The molecule has 0 saturated heterocycles. The summed E-state index contributed by atoms with van der Waals surface area (Å²) in [5, 5.41) is 27.5. The number of nitrogens with zero attached hydrogens (tertiary/aromatic N) is 1. The minimum atomic E-state index is -5.11. The second-order valence-corrected chi connectivity index (χ2v) is 11.1. The number of hydrogen-bond acceptors (Lipinski definition) is 11. The molecule has 0 aromatic heterocycles. The number of unbranched alkanes of at least 4 members (excludes halogenated alkanes) is 1. The Kier molecular flexibility index (Phi) is 13.8. The Morgan fingerprint density at radius 3 is 2.38 bits per heavy atom. The van der Waals surface area contributed by atoms with Crippen LogP contribution < -0.4 is 20.1 Å². The summed E-state index contributed by atoms with van der Waals surface area (Å²) in [6.07, 6.45) is -5.40. The molecule has 2 aromatic rings. The predicted octanol–water partition coefficient (Wildman–Crippen LogP) is 5.08. The Morgan fingerprint density at radius 2 is 1.75 bits per heavy atom. The van der Waals surface area contributed by atoms with Crippen LogP contribution in [0.5, 0.6) is 11.5 Å². The fourth-order valence-electron chi connectivity index (χ4n) is 4.94. The zero-order chi connectivity index (χ0) is 35.4. The lowest BCUT2D eigenvalue weighted by Gasteiger charge is -2.32. The van der Waals surface area contributed by atoms with E-state index in [1.807, 2.05) is 18.2 Å². The van der Waals surface area contributed by atoms with E-state index < -0.39 is 63.7 Å². The molecule has 2 unspecified atom stereocenters. The normalized spacial score (nSPS) is 15.6. The zero-order valence-corrected chi connectivity index (χ0v) is 27.1. The van der Waals surface area contributed by atoms with Gasteiger partial charge in [-0.2, -0.15) is 13.2 Å². The zero-order valence-electron chi connectivity index (χ0n) is 27.1. The summed E-state index contributed by atoms with van der Waals surface area (Å²) in [6, 6.07) is 12.6. The number of halogens is 3. The molecule has 3 rings (SSSR count).